The minimum Gasteiger partial charge on any atom is -0.340 e. The lowest BCUT2D eigenvalue weighted by Gasteiger charge is -2.06. The summed E-state index contributed by atoms with van der Waals surface area (Å²) in [4.78, 5) is 3.95. The van der Waals surface area contributed by atoms with Crippen molar-refractivity contribution in [2.24, 2.45) is 0 Å². The number of alkyl halides is 2. The first-order chi connectivity index (χ1) is 6.07. The molecule has 1 saturated carbocycles. The minimum atomic E-state index is -2.54. The summed E-state index contributed by atoms with van der Waals surface area (Å²) in [6, 6.07) is 0. The maximum absolute atomic E-state index is 12.8. The van der Waals surface area contributed by atoms with Crippen molar-refractivity contribution in [2.75, 3.05) is 0 Å². The Morgan fingerprint density at radius 3 is 2.77 bits per heavy atom. The summed E-state index contributed by atoms with van der Waals surface area (Å²) in [6.07, 6.45) is 0.239. The highest BCUT2D eigenvalue weighted by molar-refractivity contribution is 5.01. The molecule has 0 bridgehead atoms. The van der Waals surface area contributed by atoms with Crippen LogP contribution in [-0.2, 0) is 0 Å². The number of nitrogens with zero attached hydrogens (tertiary/aromatic N) is 2. The largest absolute Gasteiger partial charge is 0.340 e. The van der Waals surface area contributed by atoms with Crippen LogP contribution in [0, 0.1) is 6.92 Å². The molecule has 1 aliphatic rings. The summed E-state index contributed by atoms with van der Waals surface area (Å²) < 4.78 is 30.3. The molecule has 1 atom stereocenters. The van der Waals surface area contributed by atoms with Gasteiger partial charge in [-0.15, -0.1) is 0 Å². The first kappa shape index (κ1) is 8.59. The van der Waals surface area contributed by atoms with Crippen LogP contribution in [0.4, 0.5) is 8.78 Å². The Morgan fingerprint density at radius 2 is 2.31 bits per heavy atom. The van der Waals surface area contributed by atoms with Gasteiger partial charge in [0.2, 0.25) is 11.8 Å². The number of aromatic nitrogens is 2. The quantitative estimate of drug-likeness (QED) is 0.678. The molecule has 0 aromatic carbocycles. The summed E-state index contributed by atoms with van der Waals surface area (Å²) in [7, 11) is 0. The van der Waals surface area contributed by atoms with Crippen molar-refractivity contribution in [1.82, 2.24) is 10.1 Å². The molecule has 1 heterocycles. The van der Waals surface area contributed by atoms with Crippen molar-refractivity contribution in [2.45, 2.75) is 38.0 Å². The van der Waals surface area contributed by atoms with Gasteiger partial charge in [-0.2, -0.15) is 4.98 Å². The summed E-state index contributed by atoms with van der Waals surface area (Å²) in [5.74, 6) is -1.91. The lowest BCUT2D eigenvalue weighted by molar-refractivity contribution is 0.00750. The normalized spacial score (nSPS) is 26.5. The second-order valence-corrected chi connectivity index (χ2v) is 3.47. The third-order valence-electron chi connectivity index (χ3n) is 2.31. The molecule has 72 valence electrons. The van der Waals surface area contributed by atoms with E-state index in [0.29, 0.717) is 18.1 Å². The highest BCUT2D eigenvalue weighted by atomic mass is 19.3. The summed E-state index contributed by atoms with van der Waals surface area (Å²) in [5, 5.41) is 3.64. The predicted octanol–water partition coefficient (Wildman–Crippen LogP) is 2.28. The van der Waals surface area contributed by atoms with Gasteiger partial charge in [-0.25, -0.2) is 8.78 Å². The van der Waals surface area contributed by atoms with E-state index in [4.69, 9.17) is 4.52 Å². The summed E-state index contributed by atoms with van der Waals surface area (Å²) in [6.45, 7) is 1.66. The zero-order valence-electron chi connectivity index (χ0n) is 7.26. The van der Waals surface area contributed by atoms with Crippen molar-refractivity contribution in [1.29, 1.82) is 0 Å². The molecule has 1 unspecified atom stereocenters. The maximum atomic E-state index is 12.8. The van der Waals surface area contributed by atoms with E-state index in [1.807, 2.05) is 0 Å². The molecule has 1 fully saturated rings. The number of hydrogen-bond donors (Lipinski definition) is 0. The molecular formula is C8H10F2N2O. The van der Waals surface area contributed by atoms with Gasteiger partial charge in [0.15, 0.2) is 5.82 Å². The van der Waals surface area contributed by atoms with Crippen LogP contribution in [0.3, 0.4) is 0 Å². The monoisotopic (exact) mass is 188 g/mol. The number of rotatable bonds is 1. The molecule has 5 heteroatoms. The Balaban J connectivity index is 2.12. The number of aryl methyl sites for hydroxylation is 1. The molecule has 0 amide bonds. The summed E-state index contributed by atoms with van der Waals surface area (Å²) >= 11 is 0. The SMILES string of the molecule is Cc1nc(C2CCC(F)(F)C2)no1. The van der Waals surface area contributed by atoms with Gasteiger partial charge < -0.3 is 4.52 Å². The van der Waals surface area contributed by atoms with Crippen molar-refractivity contribution in [3.63, 3.8) is 0 Å². The van der Waals surface area contributed by atoms with E-state index in [-0.39, 0.29) is 18.8 Å². The minimum absolute atomic E-state index is 0.0642. The Labute approximate surface area is 74.1 Å². The Bertz CT molecular complexity index is 311. The van der Waals surface area contributed by atoms with E-state index < -0.39 is 5.92 Å². The van der Waals surface area contributed by atoms with Crippen molar-refractivity contribution in [3.05, 3.63) is 11.7 Å². The molecule has 0 spiro atoms. The second-order valence-electron chi connectivity index (χ2n) is 3.47. The van der Waals surface area contributed by atoms with Crippen LogP contribution in [0.15, 0.2) is 4.52 Å². The number of hydrogen-bond acceptors (Lipinski definition) is 3. The molecule has 13 heavy (non-hydrogen) atoms. The van der Waals surface area contributed by atoms with Crippen molar-refractivity contribution >= 4 is 0 Å². The van der Waals surface area contributed by atoms with Gasteiger partial charge in [0, 0.05) is 25.7 Å². The predicted molar refractivity (Wildman–Crippen MR) is 40.6 cm³/mol. The Hall–Kier alpha value is -1.00. The van der Waals surface area contributed by atoms with Crippen LogP contribution in [0.1, 0.15) is 36.9 Å². The topological polar surface area (TPSA) is 38.9 Å². The molecule has 3 nitrogen and oxygen atoms in total. The molecule has 0 radical (unpaired) electrons. The van der Waals surface area contributed by atoms with Gasteiger partial charge in [0.25, 0.3) is 0 Å². The average Bonchev–Trinajstić information content (AvgIpc) is 2.56. The van der Waals surface area contributed by atoms with E-state index in [9.17, 15) is 8.78 Å². The Morgan fingerprint density at radius 1 is 1.54 bits per heavy atom. The van der Waals surface area contributed by atoms with Gasteiger partial charge in [-0.1, -0.05) is 5.16 Å². The second kappa shape index (κ2) is 2.75. The molecule has 1 aliphatic carbocycles. The van der Waals surface area contributed by atoms with E-state index in [1.54, 1.807) is 6.92 Å². The highest BCUT2D eigenvalue weighted by Crippen LogP contribution is 2.43. The van der Waals surface area contributed by atoms with E-state index in [0.717, 1.165) is 0 Å². The fourth-order valence-electron chi connectivity index (χ4n) is 1.65. The molecule has 0 aliphatic heterocycles. The lowest BCUT2D eigenvalue weighted by atomic mass is 10.1. The molecule has 0 saturated heterocycles. The van der Waals surface area contributed by atoms with Crippen molar-refractivity contribution in [3.8, 4) is 0 Å². The average molecular weight is 188 g/mol. The standard InChI is InChI=1S/C8H10F2N2O/c1-5-11-7(12-13-5)6-2-3-8(9,10)4-6/h6H,2-4H2,1H3. The number of halogens is 2. The molecule has 0 N–H and O–H groups in total. The smallest absolute Gasteiger partial charge is 0.248 e. The third kappa shape index (κ3) is 1.68. The van der Waals surface area contributed by atoms with Gasteiger partial charge in [0.05, 0.1) is 0 Å². The van der Waals surface area contributed by atoms with Gasteiger partial charge in [0.1, 0.15) is 0 Å². The zero-order chi connectivity index (χ0) is 9.47. The van der Waals surface area contributed by atoms with E-state index >= 15 is 0 Å². The van der Waals surface area contributed by atoms with Crippen LogP contribution in [0.25, 0.3) is 0 Å². The fourth-order valence-corrected chi connectivity index (χ4v) is 1.65. The molecular weight excluding hydrogens is 178 g/mol. The van der Waals surface area contributed by atoms with Crippen LogP contribution in [-0.4, -0.2) is 16.1 Å². The first-order valence-corrected chi connectivity index (χ1v) is 4.25. The highest BCUT2D eigenvalue weighted by Gasteiger charge is 2.41. The van der Waals surface area contributed by atoms with Gasteiger partial charge in [-0.05, 0) is 6.42 Å². The van der Waals surface area contributed by atoms with Crippen LogP contribution < -0.4 is 0 Å². The molecule has 2 rings (SSSR count). The lowest BCUT2D eigenvalue weighted by Crippen LogP contribution is -2.09. The van der Waals surface area contributed by atoms with Crippen molar-refractivity contribution < 1.29 is 13.3 Å². The van der Waals surface area contributed by atoms with Gasteiger partial charge >= 0.3 is 0 Å². The first-order valence-electron chi connectivity index (χ1n) is 4.25. The van der Waals surface area contributed by atoms with Crippen LogP contribution in [0.2, 0.25) is 0 Å². The third-order valence-corrected chi connectivity index (χ3v) is 2.31. The molecule has 1 aromatic heterocycles. The van der Waals surface area contributed by atoms with Gasteiger partial charge in [-0.3, -0.25) is 0 Å². The van der Waals surface area contributed by atoms with E-state index in [1.165, 1.54) is 0 Å². The maximum Gasteiger partial charge on any atom is 0.248 e. The van der Waals surface area contributed by atoms with Crippen LogP contribution >= 0.6 is 0 Å². The van der Waals surface area contributed by atoms with E-state index in [2.05, 4.69) is 10.1 Å². The molecule has 1 aromatic rings. The fraction of sp³-hybridized carbons (Fsp3) is 0.750. The Kier molecular flexibility index (Phi) is 1.82. The van der Waals surface area contributed by atoms with Crippen LogP contribution in [0.5, 0.6) is 0 Å². The zero-order valence-corrected chi connectivity index (χ0v) is 7.26. The summed E-state index contributed by atoms with van der Waals surface area (Å²) in [5.41, 5.74) is 0.